The normalized spacial score (nSPS) is 16.3. The first kappa shape index (κ1) is 19.5. The van der Waals surface area contributed by atoms with Crippen molar-refractivity contribution in [2.75, 3.05) is 43.5 Å². The van der Waals surface area contributed by atoms with Gasteiger partial charge in [-0.25, -0.2) is 9.78 Å². The summed E-state index contributed by atoms with van der Waals surface area (Å²) in [5.74, 6) is 1.73. The van der Waals surface area contributed by atoms with Crippen molar-refractivity contribution in [3.05, 3.63) is 47.2 Å². The number of aromatic nitrogens is 2. The third-order valence-electron chi connectivity index (χ3n) is 5.55. The van der Waals surface area contributed by atoms with E-state index in [4.69, 9.17) is 14.7 Å². The largest absolute Gasteiger partial charge is 0.445 e. The Bertz CT molecular complexity index is 850. The summed E-state index contributed by atoms with van der Waals surface area (Å²) in [6.07, 6.45) is 4.10. The second-order valence-corrected chi connectivity index (χ2v) is 7.93. The van der Waals surface area contributed by atoms with Gasteiger partial charge in [-0.3, -0.25) is 0 Å². The number of carbonyl (C=O) groups excluding carboxylic acids is 1. The molecule has 1 saturated heterocycles. The standard InChI is InChI=1S/C22H29N5O2/c1-25(2)20-18-15-27(22(28)29-16-17-9-5-3-6-10-17)14-11-19(18)23-21(24-20)26-12-7-4-8-13-26/h3,5-6,9-10H,4,7-8,11-16H2,1-2H3. The first-order valence-corrected chi connectivity index (χ1v) is 10.4. The van der Waals surface area contributed by atoms with Crippen molar-refractivity contribution in [2.24, 2.45) is 0 Å². The van der Waals surface area contributed by atoms with E-state index in [-0.39, 0.29) is 12.7 Å². The molecule has 154 valence electrons. The van der Waals surface area contributed by atoms with Crippen LogP contribution in [0.15, 0.2) is 30.3 Å². The highest BCUT2D eigenvalue weighted by Gasteiger charge is 2.28. The van der Waals surface area contributed by atoms with Crippen molar-refractivity contribution >= 4 is 17.9 Å². The lowest BCUT2D eigenvalue weighted by molar-refractivity contribution is 0.0916. The average molecular weight is 396 g/mol. The average Bonchev–Trinajstić information content (AvgIpc) is 2.77. The van der Waals surface area contributed by atoms with Gasteiger partial charge in [0.05, 0.1) is 12.2 Å². The van der Waals surface area contributed by atoms with Gasteiger partial charge in [0.1, 0.15) is 12.4 Å². The monoisotopic (exact) mass is 395 g/mol. The minimum absolute atomic E-state index is 0.286. The van der Waals surface area contributed by atoms with Crippen LogP contribution in [0.4, 0.5) is 16.6 Å². The molecule has 0 aliphatic carbocycles. The fourth-order valence-corrected chi connectivity index (χ4v) is 3.96. The van der Waals surface area contributed by atoms with Crippen molar-refractivity contribution in [1.82, 2.24) is 14.9 Å². The molecule has 2 aliphatic heterocycles. The molecule has 0 N–H and O–H groups in total. The molecule has 0 saturated carbocycles. The first-order chi connectivity index (χ1) is 14.1. The summed E-state index contributed by atoms with van der Waals surface area (Å²) >= 11 is 0. The predicted octanol–water partition coefficient (Wildman–Crippen LogP) is 3.23. The van der Waals surface area contributed by atoms with E-state index in [1.165, 1.54) is 19.3 Å². The van der Waals surface area contributed by atoms with Crippen molar-refractivity contribution in [2.45, 2.75) is 38.8 Å². The molecular weight excluding hydrogens is 366 g/mol. The Balaban J connectivity index is 1.49. The maximum atomic E-state index is 12.6. The molecule has 0 bridgehead atoms. The number of fused-ring (bicyclic) bond motifs is 1. The number of carbonyl (C=O) groups is 1. The number of rotatable bonds is 4. The van der Waals surface area contributed by atoms with Crippen LogP contribution in [0, 0.1) is 0 Å². The number of hydrogen-bond donors (Lipinski definition) is 0. The maximum absolute atomic E-state index is 12.6. The molecule has 1 amide bonds. The summed E-state index contributed by atoms with van der Waals surface area (Å²) in [6, 6.07) is 9.76. The zero-order valence-electron chi connectivity index (χ0n) is 17.3. The smallest absolute Gasteiger partial charge is 0.410 e. The van der Waals surface area contributed by atoms with Gasteiger partial charge in [0, 0.05) is 45.7 Å². The SMILES string of the molecule is CN(C)c1nc(N2CCCCC2)nc2c1CN(C(=O)OCc1ccccc1)CC2. The summed E-state index contributed by atoms with van der Waals surface area (Å²) in [4.78, 5) is 28.4. The second-order valence-electron chi connectivity index (χ2n) is 7.93. The summed E-state index contributed by atoms with van der Waals surface area (Å²) in [5.41, 5.74) is 3.07. The van der Waals surface area contributed by atoms with Crippen molar-refractivity contribution in [1.29, 1.82) is 0 Å². The summed E-state index contributed by atoms with van der Waals surface area (Å²) in [7, 11) is 3.99. The minimum Gasteiger partial charge on any atom is -0.445 e. The van der Waals surface area contributed by atoms with Crippen molar-refractivity contribution in [3.63, 3.8) is 0 Å². The van der Waals surface area contributed by atoms with Crippen LogP contribution in [-0.2, 0) is 24.3 Å². The highest BCUT2D eigenvalue weighted by atomic mass is 16.6. The quantitative estimate of drug-likeness (QED) is 0.792. The van der Waals surface area contributed by atoms with Gasteiger partial charge >= 0.3 is 6.09 Å². The number of nitrogens with zero attached hydrogens (tertiary/aromatic N) is 5. The summed E-state index contributed by atoms with van der Waals surface area (Å²) in [6.45, 7) is 3.42. The maximum Gasteiger partial charge on any atom is 0.410 e. The highest BCUT2D eigenvalue weighted by Crippen LogP contribution is 2.29. The molecular formula is C22H29N5O2. The molecule has 1 aromatic heterocycles. The Hall–Kier alpha value is -2.83. The number of anilines is 2. The minimum atomic E-state index is -0.288. The van der Waals surface area contributed by atoms with Gasteiger partial charge in [-0.1, -0.05) is 30.3 Å². The van der Waals surface area contributed by atoms with Crippen LogP contribution in [0.25, 0.3) is 0 Å². The zero-order chi connectivity index (χ0) is 20.2. The molecule has 3 heterocycles. The Morgan fingerprint density at radius 1 is 1.07 bits per heavy atom. The van der Waals surface area contributed by atoms with Crippen LogP contribution in [-0.4, -0.2) is 54.7 Å². The van der Waals surface area contributed by atoms with E-state index in [1.54, 1.807) is 4.90 Å². The fourth-order valence-electron chi connectivity index (χ4n) is 3.96. The number of amides is 1. The molecule has 0 unspecified atom stereocenters. The van der Waals surface area contributed by atoms with Gasteiger partial charge in [0.2, 0.25) is 5.95 Å². The third-order valence-corrected chi connectivity index (χ3v) is 5.55. The molecule has 2 aliphatic rings. The topological polar surface area (TPSA) is 61.8 Å². The molecule has 2 aromatic rings. The van der Waals surface area contributed by atoms with E-state index in [0.717, 1.165) is 48.1 Å². The first-order valence-electron chi connectivity index (χ1n) is 10.4. The Kier molecular flexibility index (Phi) is 5.83. The Morgan fingerprint density at radius 2 is 1.83 bits per heavy atom. The summed E-state index contributed by atoms with van der Waals surface area (Å²) in [5, 5.41) is 0. The van der Waals surface area contributed by atoms with E-state index >= 15 is 0 Å². The van der Waals surface area contributed by atoms with Crippen LogP contribution in [0.5, 0.6) is 0 Å². The Morgan fingerprint density at radius 3 is 2.55 bits per heavy atom. The number of hydrogen-bond acceptors (Lipinski definition) is 6. The van der Waals surface area contributed by atoms with Gasteiger partial charge < -0.3 is 19.4 Å². The molecule has 1 aromatic carbocycles. The molecule has 7 heteroatoms. The molecule has 0 spiro atoms. The van der Waals surface area contributed by atoms with Gasteiger partial charge in [0.25, 0.3) is 0 Å². The molecule has 29 heavy (non-hydrogen) atoms. The molecule has 7 nitrogen and oxygen atoms in total. The van der Waals surface area contributed by atoms with E-state index in [0.29, 0.717) is 13.1 Å². The molecule has 0 atom stereocenters. The second kappa shape index (κ2) is 8.68. The molecule has 1 fully saturated rings. The van der Waals surface area contributed by atoms with Crippen molar-refractivity contribution < 1.29 is 9.53 Å². The van der Waals surface area contributed by atoms with Gasteiger partial charge in [0.15, 0.2) is 0 Å². The van der Waals surface area contributed by atoms with Gasteiger partial charge in [-0.15, -0.1) is 0 Å². The van der Waals surface area contributed by atoms with Crippen LogP contribution >= 0.6 is 0 Å². The van der Waals surface area contributed by atoms with Gasteiger partial charge in [-0.2, -0.15) is 4.98 Å². The van der Waals surface area contributed by atoms with E-state index in [9.17, 15) is 4.79 Å². The van der Waals surface area contributed by atoms with E-state index in [1.807, 2.05) is 49.3 Å². The highest BCUT2D eigenvalue weighted by molar-refractivity contribution is 5.69. The Labute approximate surface area is 172 Å². The van der Waals surface area contributed by atoms with Crippen molar-refractivity contribution in [3.8, 4) is 0 Å². The predicted molar refractivity (Wildman–Crippen MR) is 113 cm³/mol. The van der Waals surface area contributed by atoms with Crippen LogP contribution in [0.1, 0.15) is 36.1 Å². The third kappa shape index (κ3) is 4.44. The lowest BCUT2D eigenvalue weighted by Crippen LogP contribution is -2.39. The van der Waals surface area contributed by atoms with Crippen LogP contribution in [0.3, 0.4) is 0 Å². The lowest BCUT2D eigenvalue weighted by atomic mass is 10.1. The number of ether oxygens (including phenoxy) is 1. The lowest BCUT2D eigenvalue weighted by Gasteiger charge is -2.33. The van der Waals surface area contributed by atoms with E-state index < -0.39 is 0 Å². The molecule has 4 rings (SSSR count). The van der Waals surface area contributed by atoms with Crippen LogP contribution < -0.4 is 9.80 Å². The summed E-state index contributed by atoms with van der Waals surface area (Å²) < 4.78 is 5.53. The number of piperidine rings is 1. The fraction of sp³-hybridized carbons (Fsp3) is 0.500. The zero-order valence-corrected chi connectivity index (χ0v) is 17.3. The van der Waals surface area contributed by atoms with Gasteiger partial charge in [-0.05, 0) is 24.8 Å². The molecule has 0 radical (unpaired) electrons. The van der Waals surface area contributed by atoms with Crippen LogP contribution in [0.2, 0.25) is 0 Å². The van der Waals surface area contributed by atoms with E-state index in [2.05, 4.69) is 4.90 Å². The number of benzene rings is 1.